The first-order valence-electron chi connectivity index (χ1n) is 9.70. The molecule has 3 N–H and O–H groups in total. The van der Waals surface area contributed by atoms with E-state index in [1.165, 1.54) is 11.1 Å². The minimum absolute atomic E-state index is 0.155. The molecular weight excluding hydrogens is 354 g/mol. The van der Waals surface area contributed by atoms with Crippen molar-refractivity contribution in [2.75, 3.05) is 5.32 Å². The Balaban J connectivity index is 1.21. The van der Waals surface area contributed by atoms with E-state index in [9.17, 15) is 0 Å². The number of hydroxylamine groups is 1. The number of benzene rings is 1. The molecule has 0 amide bonds. The molecule has 3 aromatic rings. The Labute approximate surface area is 162 Å². The van der Waals surface area contributed by atoms with Gasteiger partial charge in [0.15, 0.2) is 11.9 Å². The van der Waals surface area contributed by atoms with Gasteiger partial charge in [-0.25, -0.2) is 19.8 Å². The molecule has 144 valence electrons. The predicted octanol–water partition coefficient (Wildman–Crippen LogP) is 2.74. The van der Waals surface area contributed by atoms with Gasteiger partial charge in [-0.05, 0) is 31.7 Å². The largest absolute Gasteiger partial charge is 0.367 e. The SMILES string of the molecule is Cc1ccc(CC2N=C([C@H]3CC[C@H](Nc4ncnc5[nH]ncc45)C3)NO2)cc1. The standard InChI is InChI=1S/C20H23N7O/c1-12-2-4-13(5-3-12)8-17-25-18(27-28-17)14-6-7-15(9-14)24-19-16-10-23-26-20(16)22-11-21-19/h2-5,10-11,14-15,17H,6-9H2,1H3,(H,25,27)(H2,21,22,23,24,26)/t14-,15-,17?/m0/s1. The molecule has 2 aromatic heterocycles. The van der Waals surface area contributed by atoms with Gasteiger partial charge in [-0.2, -0.15) is 5.10 Å². The maximum atomic E-state index is 5.71. The second-order valence-electron chi connectivity index (χ2n) is 7.58. The lowest BCUT2D eigenvalue weighted by atomic mass is 10.1. The van der Waals surface area contributed by atoms with Crippen molar-refractivity contribution < 1.29 is 4.84 Å². The number of aryl methyl sites for hydroxylation is 1. The number of aromatic nitrogens is 4. The van der Waals surface area contributed by atoms with Crippen LogP contribution in [-0.4, -0.2) is 38.3 Å². The average molecular weight is 377 g/mol. The van der Waals surface area contributed by atoms with Gasteiger partial charge in [0.05, 0.1) is 11.6 Å². The fraction of sp³-hybridized carbons (Fsp3) is 0.400. The minimum Gasteiger partial charge on any atom is -0.367 e. The lowest BCUT2D eigenvalue weighted by Gasteiger charge is -2.14. The highest BCUT2D eigenvalue weighted by Crippen LogP contribution is 2.31. The van der Waals surface area contributed by atoms with E-state index in [2.05, 4.69) is 62.2 Å². The summed E-state index contributed by atoms with van der Waals surface area (Å²) in [5.41, 5.74) is 6.32. The smallest absolute Gasteiger partial charge is 0.181 e. The fourth-order valence-corrected chi connectivity index (χ4v) is 3.97. The molecule has 0 saturated heterocycles. The topological polar surface area (TPSA) is 100 Å². The highest BCUT2D eigenvalue weighted by atomic mass is 16.7. The molecule has 3 heterocycles. The fourth-order valence-electron chi connectivity index (χ4n) is 3.97. The van der Waals surface area contributed by atoms with Crippen molar-refractivity contribution in [1.82, 2.24) is 25.6 Å². The molecule has 1 aliphatic carbocycles. The van der Waals surface area contributed by atoms with E-state index in [-0.39, 0.29) is 6.23 Å². The van der Waals surface area contributed by atoms with E-state index in [4.69, 9.17) is 9.83 Å². The number of rotatable bonds is 5. The van der Waals surface area contributed by atoms with Gasteiger partial charge in [-0.15, -0.1) is 0 Å². The van der Waals surface area contributed by atoms with E-state index >= 15 is 0 Å². The van der Waals surface area contributed by atoms with Crippen molar-refractivity contribution in [1.29, 1.82) is 0 Å². The van der Waals surface area contributed by atoms with Crippen LogP contribution in [0.3, 0.4) is 0 Å². The number of hydrogen-bond acceptors (Lipinski definition) is 7. The van der Waals surface area contributed by atoms with Crippen LogP contribution < -0.4 is 10.8 Å². The highest BCUT2D eigenvalue weighted by molar-refractivity contribution is 5.86. The lowest BCUT2D eigenvalue weighted by molar-refractivity contribution is 0.0375. The van der Waals surface area contributed by atoms with Crippen LogP contribution in [0.1, 0.15) is 30.4 Å². The maximum Gasteiger partial charge on any atom is 0.181 e. The van der Waals surface area contributed by atoms with E-state index in [0.717, 1.165) is 48.4 Å². The highest BCUT2D eigenvalue weighted by Gasteiger charge is 2.32. The summed E-state index contributed by atoms with van der Waals surface area (Å²) in [4.78, 5) is 19.1. The first-order valence-corrected chi connectivity index (χ1v) is 9.70. The first-order chi connectivity index (χ1) is 13.7. The van der Waals surface area contributed by atoms with E-state index < -0.39 is 0 Å². The summed E-state index contributed by atoms with van der Waals surface area (Å²) in [6.07, 6.45) is 7.08. The average Bonchev–Trinajstić information content (AvgIpc) is 3.44. The number of nitrogens with one attached hydrogen (secondary N) is 3. The van der Waals surface area contributed by atoms with Crippen molar-refractivity contribution >= 4 is 22.7 Å². The Morgan fingerprint density at radius 1 is 1.18 bits per heavy atom. The monoisotopic (exact) mass is 377 g/mol. The predicted molar refractivity (Wildman–Crippen MR) is 107 cm³/mol. The van der Waals surface area contributed by atoms with Gasteiger partial charge in [-0.3, -0.25) is 10.6 Å². The van der Waals surface area contributed by atoms with Crippen molar-refractivity contribution in [3.63, 3.8) is 0 Å². The molecule has 0 radical (unpaired) electrons. The van der Waals surface area contributed by atoms with Gasteiger partial charge in [-0.1, -0.05) is 29.8 Å². The zero-order valence-electron chi connectivity index (χ0n) is 15.7. The number of H-pyrrole nitrogens is 1. The molecule has 1 unspecified atom stereocenters. The van der Waals surface area contributed by atoms with Crippen LogP contribution in [0.2, 0.25) is 0 Å². The number of fused-ring (bicyclic) bond motifs is 1. The Hall–Kier alpha value is -3.00. The molecular formula is C20H23N7O. The summed E-state index contributed by atoms with van der Waals surface area (Å²) in [5, 5.41) is 11.4. The van der Waals surface area contributed by atoms with Crippen LogP contribution in [0.5, 0.6) is 0 Å². The maximum absolute atomic E-state index is 5.71. The molecule has 8 heteroatoms. The Morgan fingerprint density at radius 3 is 2.96 bits per heavy atom. The van der Waals surface area contributed by atoms with Gasteiger partial charge in [0.2, 0.25) is 0 Å². The normalized spacial score (nSPS) is 24.3. The molecule has 28 heavy (non-hydrogen) atoms. The summed E-state index contributed by atoms with van der Waals surface area (Å²) >= 11 is 0. The van der Waals surface area contributed by atoms with Gasteiger partial charge < -0.3 is 5.32 Å². The number of nitrogens with zero attached hydrogens (tertiary/aromatic N) is 4. The molecule has 8 nitrogen and oxygen atoms in total. The molecule has 1 saturated carbocycles. The number of anilines is 1. The summed E-state index contributed by atoms with van der Waals surface area (Å²) in [5.74, 6) is 2.18. The zero-order chi connectivity index (χ0) is 18.9. The van der Waals surface area contributed by atoms with E-state index in [1.54, 1.807) is 12.5 Å². The van der Waals surface area contributed by atoms with Crippen LogP contribution in [0.4, 0.5) is 5.82 Å². The summed E-state index contributed by atoms with van der Waals surface area (Å²) in [6.45, 7) is 2.09. The van der Waals surface area contributed by atoms with Gasteiger partial charge >= 0.3 is 0 Å². The van der Waals surface area contributed by atoms with Crippen LogP contribution in [0.15, 0.2) is 41.8 Å². The number of hydrogen-bond donors (Lipinski definition) is 3. The van der Waals surface area contributed by atoms with Crippen LogP contribution in [0, 0.1) is 12.8 Å². The Bertz CT molecular complexity index is 997. The molecule has 5 rings (SSSR count). The summed E-state index contributed by atoms with van der Waals surface area (Å²) in [7, 11) is 0. The second-order valence-corrected chi connectivity index (χ2v) is 7.58. The Morgan fingerprint density at radius 2 is 2.07 bits per heavy atom. The van der Waals surface area contributed by atoms with Gasteiger partial charge in [0.25, 0.3) is 0 Å². The molecule has 3 atom stereocenters. The van der Waals surface area contributed by atoms with Crippen LogP contribution in [-0.2, 0) is 11.3 Å². The number of aromatic amines is 1. The van der Waals surface area contributed by atoms with Crippen molar-refractivity contribution in [2.24, 2.45) is 10.9 Å². The van der Waals surface area contributed by atoms with E-state index in [0.29, 0.717) is 12.0 Å². The Kier molecular flexibility index (Phi) is 4.40. The van der Waals surface area contributed by atoms with Crippen LogP contribution >= 0.6 is 0 Å². The zero-order valence-corrected chi connectivity index (χ0v) is 15.7. The second kappa shape index (κ2) is 7.20. The third-order valence-electron chi connectivity index (χ3n) is 5.52. The van der Waals surface area contributed by atoms with Crippen molar-refractivity contribution in [3.8, 4) is 0 Å². The van der Waals surface area contributed by atoms with Crippen LogP contribution in [0.25, 0.3) is 11.0 Å². The van der Waals surface area contributed by atoms with Crippen molar-refractivity contribution in [2.45, 2.75) is 44.9 Å². The quantitative estimate of drug-likeness (QED) is 0.632. The van der Waals surface area contributed by atoms with Gasteiger partial charge in [0.1, 0.15) is 18.0 Å². The molecule has 1 fully saturated rings. The molecule has 2 aliphatic rings. The molecule has 0 bridgehead atoms. The minimum atomic E-state index is -0.155. The third-order valence-corrected chi connectivity index (χ3v) is 5.52. The molecule has 1 aliphatic heterocycles. The van der Waals surface area contributed by atoms with Crippen molar-refractivity contribution in [3.05, 3.63) is 47.9 Å². The summed E-state index contributed by atoms with van der Waals surface area (Å²) in [6, 6.07) is 8.87. The summed E-state index contributed by atoms with van der Waals surface area (Å²) < 4.78 is 0. The number of aliphatic imine (C=N–C) groups is 1. The van der Waals surface area contributed by atoms with E-state index in [1.807, 2.05) is 0 Å². The lowest BCUT2D eigenvalue weighted by Crippen LogP contribution is -2.26. The first kappa shape index (κ1) is 17.1. The number of amidine groups is 1. The van der Waals surface area contributed by atoms with Gasteiger partial charge in [0, 0.05) is 18.4 Å². The molecule has 1 aromatic carbocycles. The molecule has 0 spiro atoms. The third kappa shape index (κ3) is 3.43.